The average Bonchev–Trinajstić information content (AvgIpc) is 2.93. The van der Waals surface area contributed by atoms with Gasteiger partial charge in [-0.05, 0) is 60.4 Å². The summed E-state index contributed by atoms with van der Waals surface area (Å²) in [6.07, 6.45) is 2.15. The van der Waals surface area contributed by atoms with Gasteiger partial charge >= 0.3 is 0 Å². The first-order valence-corrected chi connectivity index (χ1v) is 15.0. The van der Waals surface area contributed by atoms with E-state index in [4.69, 9.17) is 0 Å². The fraction of sp³-hybridized carbons (Fsp3) is 0.214. The number of pyridine rings is 1. The Morgan fingerprint density at radius 2 is 1.72 bits per heavy atom. The molecule has 0 radical (unpaired) electrons. The Morgan fingerprint density at radius 1 is 1.03 bits per heavy atom. The zero-order valence-corrected chi connectivity index (χ0v) is 22.5. The van der Waals surface area contributed by atoms with Gasteiger partial charge in [-0.1, -0.05) is 53.5 Å². The second-order valence-electron chi connectivity index (χ2n) is 9.49. The number of fused-ring (bicyclic) bond motifs is 1. The van der Waals surface area contributed by atoms with Crippen molar-refractivity contribution in [3.63, 3.8) is 0 Å². The lowest BCUT2D eigenvalue weighted by molar-refractivity contribution is -0.0211. The fourth-order valence-electron chi connectivity index (χ4n) is 4.82. The first-order chi connectivity index (χ1) is 18.6. The second-order valence-corrected chi connectivity index (χ2v) is 12.0. The van der Waals surface area contributed by atoms with Crippen molar-refractivity contribution in [2.24, 2.45) is 0 Å². The number of carbonyl (C=O) groups excluding carboxylic acids is 1. The first kappa shape index (κ1) is 26.9. The summed E-state index contributed by atoms with van der Waals surface area (Å²) in [6, 6.07) is 21.6. The molecule has 1 saturated heterocycles. The van der Waals surface area contributed by atoms with E-state index in [1.54, 1.807) is 71.8 Å². The molecule has 0 saturated carbocycles. The van der Waals surface area contributed by atoms with Gasteiger partial charge in [-0.25, -0.2) is 8.42 Å². The molecule has 1 aliphatic rings. The van der Waals surface area contributed by atoms with Crippen LogP contribution in [0.2, 0.25) is 0 Å². The number of para-hydroxylation sites is 1. The molecule has 2 N–H and O–H groups in total. The Balaban J connectivity index is 1.25. The Morgan fingerprint density at radius 3 is 2.44 bits per heavy atom. The Labute approximate surface area is 228 Å². The highest BCUT2D eigenvalue weighted by molar-refractivity contribution is 7.93. The molecule has 0 aliphatic carbocycles. The van der Waals surface area contributed by atoms with Crippen molar-refractivity contribution in [1.29, 1.82) is 0 Å². The number of hydrogen-bond donors (Lipinski definition) is 2. The monoisotopic (exact) mass is 564 g/mol. The van der Waals surface area contributed by atoms with Crippen LogP contribution in [0.4, 0.5) is 5.69 Å². The van der Waals surface area contributed by atoms with Gasteiger partial charge in [-0.2, -0.15) is 0 Å². The van der Waals surface area contributed by atoms with Crippen LogP contribution in [0.1, 0.15) is 34.3 Å². The number of likely N-dealkylation sites (tertiary alicyclic amines) is 1. The standard InChI is InChI=1S/C28H27N3O6S2/c32-27(31-16-13-28(33,14-17-31)23-7-1-4-20(18-23)19-38(34)35)22-9-11-24(12-10-22)30-39(36,37)25-8-2-5-21-6-3-15-29-26(21)25/h1-12,15,18,30,33H,13-14,16-17,19H2,(H,34,35)/p-1. The predicted octanol–water partition coefficient (Wildman–Crippen LogP) is 3.54. The molecule has 1 unspecified atom stereocenters. The maximum absolute atomic E-state index is 13.1. The van der Waals surface area contributed by atoms with Gasteiger partial charge in [-0.3, -0.25) is 18.7 Å². The van der Waals surface area contributed by atoms with E-state index in [0.717, 1.165) is 0 Å². The number of nitrogens with one attached hydrogen (secondary N) is 1. The zero-order valence-electron chi connectivity index (χ0n) is 20.8. The highest BCUT2D eigenvalue weighted by Crippen LogP contribution is 2.34. The molecule has 5 rings (SSSR count). The predicted molar refractivity (Wildman–Crippen MR) is 147 cm³/mol. The summed E-state index contributed by atoms with van der Waals surface area (Å²) >= 11 is -2.22. The second kappa shape index (κ2) is 10.9. The van der Waals surface area contributed by atoms with E-state index < -0.39 is 26.7 Å². The lowest BCUT2D eigenvalue weighted by Gasteiger charge is -2.38. The molecule has 1 aliphatic heterocycles. The number of nitrogens with zero attached hydrogens (tertiary/aromatic N) is 2. The Hall–Kier alpha value is -3.64. The Bertz CT molecular complexity index is 1640. The lowest BCUT2D eigenvalue weighted by atomic mass is 9.83. The van der Waals surface area contributed by atoms with E-state index in [9.17, 15) is 27.1 Å². The van der Waals surface area contributed by atoms with E-state index in [-0.39, 0.29) is 16.6 Å². The summed E-state index contributed by atoms with van der Waals surface area (Å²) < 4.78 is 50.8. The molecule has 4 aromatic rings. The smallest absolute Gasteiger partial charge is 0.264 e. The lowest BCUT2D eigenvalue weighted by Crippen LogP contribution is -2.45. The minimum Gasteiger partial charge on any atom is -0.772 e. The summed E-state index contributed by atoms with van der Waals surface area (Å²) in [6.45, 7) is 0.630. The van der Waals surface area contributed by atoms with Crippen LogP contribution in [0, 0.1) is 0 Å². The summed E-state index contributed by atoms with van der Waals surface area (Å²) in [7, 11) is -3.91. The summed E-state index contributed by atoms with van der Waals surface area (Å²) in [4.78, 5) is 19.0. The van der Waals surface area contributed by atoms with E-state index >= 15 is 0 Å². The molecule has 1 fully saturated rings. The average molecular weight is 565 g/mol. The molecule has 39 heavy (non-hydrogen) atoms. The minimum absolute atomic E-state index is 0.0633. The van der Waals surface area contributed by atoms with Crippen molar-refractivity contribution in [3.8, 4) is 0 Å². The van der Waals surface area contributed by atoms with E-state index in [2.05, 4.69) is 9.71 Å². The third-order valence-electron chi connectivity index (χ3n) is 6.90. The number of benzene rings is 3. The van der Waals surface area contributed by atoms with Crippen LogP contribution in [0.5, 0.6) is 0 Å². The van der Waals surface area contributed by atoms with Crippen molar-refractivity contribution >= 4 is 43.6 Å². The molecule has 1 aromatic heterocycles. The quantitative estimate of drug-likeness (QED) is 0.327. The number of sulfonamides is 1. The van der Waals surface area contributed by atoms with Gasteiger partial charge in [0.1, 0.15) is 4.90 Å². The van der Waals surface area contributed by atoms with E-state index in [0.29, 0.717) is 59.2 Å². The largest absolute Gasteiger partial charge is 0.772 e. The molecule has 1 atom stereocenters. The number of aliphatic hydroxyl groups is 1. The molecular weight excluding hydrogens is 538 g/mol. The highest BCUT2D eigenvalue weighted by atomic mass is 32.2. The fourth-order valence-corrected chi connectivity index (χ4v) is 6.51. The maximum Gasteiger partial charge on any atom is 0.264 e. The van der Waals surface area contributed by atoms with Gasteiger partial charge in [0.2, 0.25) is 0 Å². The molecule has 11 heteroatoms. The number of carbonyl (C=O) groups is 1. The summed E-state index contributed by atoms with van der Waals surface area (Å²) in [5.74, 6) is -0.348. The van der Waals surface area contributed by atoms with Crippen molar-refractivity contribution in [2.45, 2.75) is 29.1 Å². The normalized spacial score (nSPS) is 16.1. The first-order valence-electron chi connectivity index (χ1n) is 12.3. The van der Waals surface area contributed by atoms with Gasteiger partial charge < -0.3 is 14.6 Å². The maximum atomic E-state index is 13.1. The molecule has 2 heterocycles. The van der Waals surface area contributed by atoms with Crippen LogP contribution in [-0.4, -0.2) is 51.2 Å². The van der Waals surface area contributed by atoms with Crippen molar-refractivity contribution in [1.82, 2.24) is 9.88 Å². The molecule has 3 aromatic carbocycles. The minimum atomic E-state index is -3.91. The molecular formula is C28H26N3O6S2-. The number of aromatic nitrogens is 1. The van der Waals surface area contributed by atoms with Gasteiger partial charge in [0.05, 0.1) is 11.1 Å². The van der Waals surface area contributed by atoms with Gasteiger partial charge in [0, 0.05) is 41.7 Å². The third kappa shape index (κ3) is 5.86. The van der Waals surface area contributed by atoms with Crippen LogP contribution in [0.25, 0.3) is 10.9 Å². The molecule has 1 amide bonds. The van der Waals surface area contributed by atoms with Gasteiger partial charge in [0.25, 0.3) is 15.9 Å². The van der Waals surface area contributed by atoms with Crippen molar-refractivity contribution in [2.75, 3.05) is 17.8 Å². The SMILES string of the molecule is O=C(c1ccc(NS(=O)(=O)c2cccc3cccnc23)cc1)N1CCC(O)(c2cccc(CS(=O)[O-])c2)CC1. The third-order valence-corrected chi connectivity index (χ3v) is 8.88. The van der Waals surface area contributed by atoms with Crippen LogP contribution >= 0.6 is 0 Å². The molecule has 9 nitrogen and oxygen atoms in total. The zero-order chi connectivity index (χ0) is 27.6. The van der Waals surface area contributed by atoms with E-state index in [1.165, 1.54) is 18.2 Å². The van der Waals surface area contributed by atoms with Crippen molar-refractivity contribution < 1.29 is 27.1 Å². The molecule has 0 bridgehead atoms. The van der Waals surface area contributed by atoms with E-state index in [1.807, 2.05) is 0 Å². The Kier molecular flexibility index (Phi) is 7.50. The number of piperidine rings is 1. The number of rotatable bonds is 7. The van der Waals surface area contributed by atoms with Gasteiger partial charge in [-0.15, -0.1) is 0 Å². The van der Waals surface area contributed by atoms with Crippen LogP contribution < -0.4 is 4.72 Å². The number of anilines is 1. The molecule has 0 spiro atoms. The number of amides is 1. The van der Waals surface area contributed by atoms with Crippen LogP contribution in [0.3, 0.4) is 0 Å². The number of hydrogen-bond acceptors (Lipinski definition) is 7. The summed E-state index contributed by atoms with van der Waals surface area (Å²) in [5.41, 5.74) is 1.16. The van der Waals surface area contributed by atoms with Crippen molar-refractivity contribution in [3.05, 3.63) is 102 Å². The summed E-state index contributed by atoms with van der Waals surface area (Å²) in [5, 5.41) is 11.9. The van der Waals surface area contributed by atoms with Crippen LogP contribution in [-0.2, 0) is 32.5 Å². The topological polar surface area (TPSA) is 140 Å². The van der Waals surface area contributed by atoms with Crippen LogP contribution in [0.15, 0.2) is 90.0 Å². The molecule has 202 valence electrons. The highest BCUT2D eigenvalue weighted by Gasteiger charge is 2.35. The van der Waals surface area contributed by atoms with Gasteiger partial charge in [0.15, 0.2) is 0 Å².